The van der Waals surface area contributed by atoms with E-state index in [2.05, 4.69) is 0 Å². The Labute approximate surface area is 102 Å². The van der Waals surface area contributed by atoms with Gasteiger partial charge in [0.25, 0.3) is 0 Å². The molecule has 1 aromatic rings. The largest absolute Gasteiger partial charge is 0.482 e. The molecular weight excluding hydrogens is 239 g/mol. The second-order valence-corrected chi connectivity index (χ2v) is 2.41. The molecule has 86 valence electrons. The highest BCUT2D eigenvalue weighted by atomic mass is 35.5. The molecule has 0 amide bonds. The Bertz CT molecular complexity index is 265. The summed E-state index contributed by atoms with van der Waals surface area (Å²) >= 11 is 0. The molecule has 0 radical (unpaired) electrons. The molecule has 5 heteroatoms. The molecule has 0 saturated carbocycles. The Morgan fingerprint density at radius 1 is 1.20 bits per heavy atom. The van der Waals surface area contributed by atoms with Crippen LogP contribution in [0.25, 0.3) is 0 Å². The molecule has 3 nitrogen and oxygen atoms in total. The Morgan fingerprint density at radius 3 is 2.33 bits per heavy atom. The number of hydrogen-bond acceptors (Lipinski definition) is 3. The van der Waals surface area contributed by atoms with Crippen molar-refractivity contribution in [1.82, 2.24) is 0 Å². The SMILES string of the molecule is CCOC(=O)COc1ccccc1.Cl.Cl. The normalized spacial score (nSPS) is 8.07. The van der Waals surface area contributed by atoms with Crippen LogP contribution in [0.3, 0.4) is 0 Å². The van der Waals surface area contributed by atoms with E-state index in [1.165, 1.54) is 0 Å². The molecular formula is C10H14Cl2O3. The average Bonchev–Trinajstić information content (AvgIpc) is 2.17. The van der Waals surface area contributed by atoms with Gasteiger partial charge in [-0.15, -0.1) is 24.8 Å². The minimum absolute atomic E-state index is 0. The molecule has 1 rings (SSSR count). The molecule has 1 aromatic carbocycles. The first-order valence-electron chi connectivity index (χ1n) is 4.16. The van der Waals surface area contributed by atoms with Gasteiger partial charge in [-0.1, -0.05) is 18.2 Å². The lowest BCUT2D eigenvalue weighted by Crippen LogP contribution is -2.14. The van der Waals surface area contributed by atoms with Crippen molar-refractivity contribution in [3.63, 3.8) is 0 Å². The topological polar surface area (TPSA) is 35.5 Å². The predicted octanol–water partition coefficient (Wildman–Crippen LogP) is 2.47. The van der Waals surface area contributed by atoms with E-state index in [0.717, 1.165) is 0 Å². The highest BCUT2D eigenvalue weighted by Gasteiger charge is 2.01. The lowest BCUT2D eigenvalue weighted by atomic mass is 10.3. The van der Waals surface area contributed by atoms with E-state index in [9.17, 15) is 4.79 Å². The molecule has 0 spiro atoms. The number of ether oxygens (including phenoxy) is 2. The van der Waals surface area contributed by atoms with Gasteiger partial charge in [0.15, 0.2) is 6.61 Å². The Hall–Kier alpha value is -0.930. The number of para-hydroxylation sites is 1. The molecule has 0 aliphatic rings. The molecule has 0 saturated heterocycles. The summed E-state index contributed by atoms with van der Waals surface area (Å²) in [7, 11) is 0. The van der Waals surface area contributed by atoms with E-state index in [-0.39, 0.29) is 37.4 Å². The van der Waals surface area contributed by atoms with Gasteiger partial charge in [-0.2, -0.15) is 0 Å². The maximum Gasteiger partial charge on any atom is 0.344 e. The summed E-state index contributed by atoms with van der Waals surface area (Å²) < 4.78 is 9.85. The third kappa shape index (κ3) is 7.05. The van der Waals surface area contributed by atoms with E-state index in [1.807, 2.05) is 18.2 Å². The lowest BCUT2D eigenvalue weighted by Gasteiger charge is -2.04. The van der Waals surface area contributed by atoms with Gasteiger partial charge < -0.3 is 9.47 Å². The minimum Gasteiger partial charge on any atom is -0.482 e. The van der Waals surface area contributed by atoms with Crippen LogP contribution in [0.2, 0.25) is 0 Å². The van der Waals surface area contributed by atoms with E-state index < -0.39 is 0 Å². The number of carbonyl (C=O) groups excluding carboxylic acids is 1. The van der Waals surface area contributed by atoms with Crippen molar-refractivity contribution in [1.29, 1.82) is 0 Å². The third-order valence-corrected chi connectivity index (χ3v) is 1.41. The molecule has 0 aromatic heterocycles. The van der Waals surface area contributed by atoms with E-state index >= 15 is 0 Å². The van der Waals surface area contributed by atoms with Crippen molar-refractivity contribution in [3.05, 3.63) is 30.3 Å². The Kier molecular flexibility index (Phi) is 10.6. The number of rotatable bonds is 4. The van der Waals surface area contributed by atoms with Crippen molar-refractivity contribution in [2.75, 3.05) is 13.2 Å². The summed E-state index contributed by atoms with van der Waals surface area (Å²) in [6.45, 7) is 2.12. The second kappa shape index (κ2) is 9.62. The summed E-state index contributed by atoms with van der Waals surface area (Å²) in [5.41, 5.74) is 0. The average molecular weight is 253 g/mol. The van der Waals surface area contributed by atoms with Crippen LogP contribution in [0.5, 0.6) is 5.75 Å². The summed E-state index contributed by atoms with van der Waals surface area (Å²) in [4.78, 5) is 10.9. The zero-order chi connectivity index (χ0) is 9.52. The first-order chi connectivity index (χ1) is 6.33. The van der Waals surface area contributed by atoms with Gasteiger partial charge in [0.1, 0.15) is 5.75 Å². The Morgan fingerprint density at radius 2 is 1.80 bits per heavy atom. The van der Waals surface area contributed by atoms with Crippen LogP contribution in [0.1, 0.15) is 6.92 Å². The first kappa shape index (κ1) is 16.5. The van der Waals surface area contributed by atoms with Crippen LogP contribution in [0, 0.1) is 0 Å². The lowest BCUT2D eigenvalue weighted by molar-refractivity contribution is -0.145. The zero-order valence-electron chi connectivity index (χ0n) is 8.34. The van der Waals surface area contributed by atoms with Gasteiger partial charge in [-0.25, -0.2) is 4.79 Å². The van der Waals surface area contributed by atoms with Gasteiger partial charge in [-0.05, 0) is 19.1 Å². The van der Waals surface area contributed by atoms with E-state index in [1.54, 1.807) is 19.1 Å². The van der Waals surface area contributed by atoms with Crippen LogP contribution < -0.4 is 4.74 Å². The molecule has 0 aliphatic heterocycles. The number of benzene rings is 1. The molecule has 15 heavy (non-hydrogen) atoms. The van der Waals surface area contributed by atoms with Crippen molar-refractivity contribution in [2.45, 2.75) is 6.92 Å². The van der Waals surface area contributed by atoms with Crippen LogP contribution in [0.4, 0.5) is 0 Å². The minimum atomic E-state index is -0.341. The highest BCUT2D eigenvalue weighted by Crippen LogP contribution is 2.07. The molecule has 0 bridgehead atoms. The summed E-state index contributed by atoms with van der Waals surface area (Å²) in [5, 5.41) is 0. The summed E-state index contributed by atoms with van der Waals surface area (Å²) in [6.07, 6.45) is 0. The van der Waals surface area contributed by atoms with E-state index in [0.29, 0.717) is 12.4 Å². The predicted molar refractivity (Wildman–Crippen MR) is 63.1 cm³/mol. The summed E-state index contributed by atoms with van der Waals surface area (Å²) in [6, 6.07) is 9.16. The van der Waals surface area contributed by atoms with Crippen molar-refractivity contribution < 1.29 is 14.3 Å². The molecule has 0 N–H and O–H groups in total. The van der Waals surface area contributed by atoms with Gasteiger partial charge in [-0.3, -0.25) is 0 Å². The molecule has 0 aliphatic carbocycles. The highest BCUT2D eigenvalue weighted by molar-refractivity contribution is 5.85. The van der Waals surface area contributed by atoms with Crippen LogP contribution in [-0.2, 0) is 9.53 Å². The maximum absolute atomic E-state index is 10.9. The monoisotopic (exact) mass is 252 g/mol. The Balaban J connectivity index is 0. The molecule has 0 heterocycles. The fourth-order valence-corrected chi connectivity index (χ4v) is 0.862. The zero-order valence-corrected chi connectivity index (χ0v) is 9.98. The molecule has 0 fully saturated rings. The number of carbonyl (C=O) groups is 1. The van der Waals surface area contributed by atoms with Crippen molar-refractivity contribution >= 4 is 30.8 Å². The number of esters is 1. The van der Waals surface area contributed by atoms with Crippen molar-refractivity contribution in [2.24, 2.45) is 0 Å². The smallest absolute Gasteiger partial charge is 0.344 e. The van der Waals surface area contributed by atoms with Gasteiger partial charge >= 0.3 is 5.97 Å². The molecule has 0 unspecified atom stereocenters. The fourth-order valence-electron chi connectivity index (χ4n) is 0.862. The summed E-state index contributed by atoms with van der Waals surface area (Å²) in [5.74, 6) is 0.335. The van der Waals surface area contributed by atoms with Crippen molar-refractivity contribution in [3.8, 4) is 5.75 Å². The van der Waals surface area contributed by atoms with Crippen LogP contribution in [0.15, 0.2) is 30.3 Å². The standard InChI is InChI=1S/C10H12O3.2ClH/c1-2-12-10(11)8-13-9-6-4-3-5-7-9;;/h3-7H,2,8H2,1H3;2*1H. The second-order valence-electron chi connectivity index (χ2n) is 2.41. The van der Waals surface area contributed by atoms with Gasteiger partial charge in [0.2, 0.25) is 0 Å². The maximum atomic E-state index is 10.9. The third-order valence-electron chi connectivity index (χ3n) is 1.41. The van der Waals surface area contributed by atoms with Gasteiger partial charge in [0, 0.05) is 0 Å². The number of hydrogen-bond donors (Lipinski definition) is 0. The fraction of sp³-hybridized carbons (Fsp3) is 0.300. The van der Waals surface area contributed by atoms with Gasteiger partial charge in [0.05, 0.1) is 6.61 Å². The van der Waals surface area contributed by atoms with E-state index in [4.69, 9.17) is 9.47 Å². The number of halogens is 2. The van der Waals surface area contributed by atoms with Crippen LogP contribution in [-0.4, -0.2) is 19.2 Å². The quantitative estimate of drug-likeness (QED) is 0.773. The molecule has 0 atom stereocenters. The first-order valence-corrected chi connectivity index (χ1v) is 4.16. The van der Waals surface area contributed by atoms with Crippen LogP contribution >= 0.6 is 24.8 Å².